The number of nitrogens with one attached hydrogen (secondary N) is 1. The minimum absolute atomic E-state index is 0. The molecule has 0 unspecified atom stereocenters. The zero-order valence-electron chi connectivity index (χ0n) is 12.6. The van der Waals surface area contributed by atoms with Crippen LogP contribution in [-0.4, -0.2) is 36.9 Å². The summed E-state index contributed by atoms with van der Waals surface area (Å²) in [6, 6.07) is 6.55. The summed E-state index contributed by atoms with van der Waals surface area (Å²) in [5.74, 6) is -0.151. The number of benzene rings is 1. The summed E-state index contributed by atoms with van der Waals surface area (Å²) in [5, 5.41) is 6.80. The number of hydrogen-bond donors (Lipinski definition) is 2. The van der Waals surface area contributed by atoms with Crippen LogP contribution in [0.25, 0.3) is 5.69 Å². The van der Waals surface area contributed by atoms with E-state index in [-0.39, 0.29) is 23.2 Å². The van der Waals surface area contributed by atoms with Crippen LogP contribution in [0.15, 0.2) is 41.6 Å². The molecule has 0 bridgehead atoms. The maximum Gasteiger partial charge on any atom is 0.224 e. The fraction of sp³-hybridized carbons (Fsp3) is 0.286. The molecule has 0 spiro atoms. The molecular formula is C14H19ClN4O3S. The molecule has 0 radical (unpaired) electrons. The van der Waals surface area contributed by atoms with Crippen LogP contribution < -0.4 is 11.1 Å². The van der Waals surface area contributed by atoms with Gasteiger partial charge in [0.25, 0.3) is 0 Å². The van der Waals surface area contributed by atoms with E-state index in [2.05, 4.69) is 10.4 Å². The lowest BCUT2D eigenvalue weighted by Crippen LogP contribution is -2.13. The zero-order chi connectivity index (χ0) is 16.2. The van der Waals surface area contributed by atoms with Crippen LogP contribution >= 0.6 is 12.4 Å². The van der Waals surface area contributed by atoms with Crippen molar-refractivity contribution in [2.24, 2.45) is 5.73 Å². The van der Waals surface area contributed by atoms with Crippen molar-refractivity contribution < 1.29 is 13.2 Å². The van der Waals surface area contributed by atoms with E-state index in [0.29, 0.717) is 30.8 Å². The van der Waals surface area contributed by atoms with Gasteiger partial charge in [0.05, 0.1) is 28.7 Å². The maximum atomic E-state index is 11.8. The van der Waals surface area contributed by atoms with E-state index in [1.165, 1.54) is 16.9 Å². The average Bonchev–Trinajstić information content (AvgIpc) is 2.92. The largest absolute Gasteiger partial charge is 0.330 e. The van der Waals surface area contributed by atoms with Crippen LogP contribution in [-0.2, 0) is 14.6 Å². The van der Waals surface area contributed by atoms with Crippen molar-refractivity contribution in [3.8, 4) is 5.69 Å². The molecule has 0 fully saturated rings. The predicted octanol–water partition coefficient (Wildman–Crippen LogP) is 1.37. The van der Waals surface area contributed by atoms with Crippen LogP contribution in [0.1, 0.15) is 12.8 Å². The van der Waals surface area contributed by atoms with Gasteiger partial charge in [-0.05, 0) is 25.1 Å². The Hall–Kier alpha value is -1.90. The lowest BCUT2D eigenvalue weighted by molar-refractivity contribution is -0.116. The summed E-state index contributed by atoms with van der Waals surface area (Å²) in [4.78, 5) is 11.8. The Labute approximate surface area is 141 Å². The van der Waals surface area contributed by atoms with Gasteiger partial charge in [0.1, 0.15) is 0 Å². The topological polar surface area (TPSA) is 107 Å². The van der Waals surface area contributed by atoms with Gasteiger partial charge in [0.2, 0.25) is 5.91 Å². The SMILES string of the molecule is CS(=O)(=O)c1ccccc1-n1cc(NC(=O)CCCN)cn1.Cl. The fourth-order valence-corrected chi connectivity index (χ4v) is 2.83. The monoisotopic (exact) mass is 358 g/mol. The molecule has 126 valence electrons. The Balaban J connectivity index is 0.00000264. The molecule has 2 rings (SSSR count). The smallest absolute Gasteiger partial charge is 0.224 e. The highest BCUT2D eigenvalue weighted by molar-refractivity contribution is 7.90. The third-order valence-electron chi connectivity index (χ3n) is 2.99. The molecule has 0 saturated carbocycles. The molecule has 0 aliphatic carbocycles. The second kappa shape index (κ2) is 8.09. The molecule has 23 heavy (non-hydrogen) atoms. The number of amides is 1. The van der Waals surface area contributed by atoms with Gasteiger partial charge in [-0.25, -0.2) is 13.1 Å². The molecule has 3 N–H and O–H groups in total. The average molecular weight is 359 g/mol. The molecule has 0 aliphatic heterocycles. The molecule has 1 aromatic heterocycles. The standard InChI is InChI=1S/C14H18N4O3S.ClH/c1-22(20,21)13-6-3-2-5-12(13)18-10-11(9-16-18)17-14(19)7-4-8-15;/h2-3,5-6,9-10H,4,7-8,15H2,1H3,(H,17,19);1H. The van der Waals surface area contributed by atoms with Gasteiger partial charge in [0.15, 0.2) is 9.84 Å². The van der Waals surface area contributed by atoms with E-state index in [0.717, 1.165) is 6.26 Å². The van der Waals surface area contributed by atoms with Gasteiger partial charge in [-0.15, -0.1) is 12.4 Å². The first-order valence-electron chi connectivity index (χ1n) is 6.76. The third kappa shape index (κ3) is 5.05. The van der Waals surface area contributed by atoms with Crippen LogP contribution in [0.2, 0.25) is 0 Å². The highest BCUT2D eigenvalue weighted by Gasteiger charge is 2.15. The molecule has 0 saturated heterocycles. The first kappa shape index (κ1) is 19.1. The molecule has 0 aliphatic rings. The highest BCUT2D eigenvalue weighted by Crippen LogP contribution is 2.20. The summed E-state index contributed by atoms with van der Waals surface area (Å²) in [5.41, 5.74) is 6.30. The number of nitrogens with zero attached hydrogens (tertiary/aromatic N) is 2. The summed E-state index contributed by atoms with van der Waals surface area (Å²) in [6.45, 7) is 0.453. The maximum absolute atomic E-state index is 11.8. The van der Waals surface area contributed by atoms with Crippen molar-refractivity contribution in [3.05, 3.63) is 36.7 Å². The lowest BCUT2D eigenvalue weighted by Gasteiger charge is -2.07. The van der Waals surface area contributed by atoms with Gasteiger partial charge in [-0.3, -0.25) is 4.79 Å². The predicted molar refractivity (Wildman–Crippen MR) is 90.8 cm³/mol. The molecule has 9 heteroatoms. The van der Waals surface area contributed by atoms with E-state index < -0.39 is 9.84 Å². The second-order valence-electron chi connectivity index (χ2n) is 4.85. The number of para-hydroxylation sites is 1. The minimum Gasteiger partial charge on any atom is -0.330 e. The van der Waals surface area contributed by atoms with E-state index in [9.17, 15) is 13.2 Å². The quantitative estimate of drug-likeness (QED) is 0.811. The number of nitrogens with two attached hydrogens (primary N) is 1. The van der Waals surface area contributed by atoms with E-state index in [4.69, 9.17) is 5.73 Å². The minimum atomic E-state index is -3.37. The van der Waals surface area contributed by atoms with Crippen molar-refractivity contribution in [1.82, 2.24) is 9.78 Å². The summed E-state index contributed by atoms with van der Waals surface area (Å²) in [7, 11) is -3.37. The number of anilines is 1. The van der Waals surface area contributed by atoms with Crippen LogP contribution in [0.3, 0.4) is 0 Å². The van der Waals surface area contributed by atoms with Gasteiger partial charge in [-0.1, -0.05) is 12.1 Å². The van der Waals surface area contributed by atoms with Crippen molar-refractivity contribution in [2.45, 2.75) is 17.7 Å². The van der Waals surface area contributed by atoms with Crippen molar-refractivity contribution in [3.63, 3.8) is 0 Å². The fourth-order valence-electron chi connectivity index (χ4n) is 1.97. The zero-order valence-corrected chi connectivity index (χ0v) is 14.2. The number of halogens is 1. The van der Waals surface area contributed by atoms with E-state index in [1.807, 2.05) is 0 Å². The molecule has 7 nitrogen and oxygen atoms in total. The number of rotatable bonds is 6. The Morgan fingerprint density at radius 3 is 2.70 bits per heavy atom. The molecule has 2 aromatic rings. The van der Waals surface area contributed by atoms with Crippen molar-refractivity contribution >= 4 is 33.8 Å². The Bertz CT molecular complexity index is 774. The number of carbonyl (C=O) groups is 1. The van der Waals surface area contributed by atoms with Crippen LogP contribution in [0, 0.1) is 0 Å². The lowest BCUT2D eigenvalue weighted by atomic mass is 10.3. The van der Waals surface area contributed by atoms with Crippen LogP contribution in [0.4, 0.5) is 5.69 Å². The highest BCUT2D eigenvalue weighted by atomic mass is 35.5. The molecular weight excluding hydrogens is 340 g/mol. The molecule has 1 amide bonds. The normalized spacial score (nSPS) is 10.9. The second-order valence-corrected chi connectivity index (χ2v) is 6.84. The summed E-state index contributed by atoms with van der Waals surface area (Å²) >= 11 is 0. The first-order chi connectivity index (χ1) is 10.4. The van der Waals surface area contributed by atoms with Gasteiger partial charge in [0, 0.05) is 12.7 Å². The Kier molecular flexibility index (Phi) is 6.74. The Morgan fingerprint density at radius 1 is 1.35 bits per heavy atom. The van der Waals surface area contributed by atoms with Gasteiger partial charge in [-0.2, -0.15) is 5.10 Å². The number of sulfone groups is 1. The Morgan fingerprint density at radius 2 is 2.04 bits per heavy atom. The molecule has 1 heterocycles. The number of aromatic nitrogens is 2. The first-order valence-corrected chi connectivity index (χ1v) is 8.65. The van der Waals surface area contributed by atoms with Crippen molar-refractivity contribution in [2.75, 3.05) is 18.1 Å². The summed E-state index contributed by atoms with van der Waals surface area (Å²) in [6.07, 6.45) is 5.13. The van der Waals surface area contributed by atoms with E-state index in [1.54, 1.807) is 24.4 Å². The summed E-state index contributed by atoms with van der Waals surface area (Å²) < 4.78 is 25.0. The van der Waals surface area contributed by atoms with Gasteiger partial charge >= 0.3 is 0 Å². The number of hydrogen-bond acceptors (Lipinski definition) is 5. The van der Waals surface area contributed by atoms with Gasteiger partial charge < -0.3 is 11.1 Å². The third-order valence-corrected chi connectivity index (χ3v) is 4.13. The molecule has 0 atom stereocenters. The van der Waals surface area contributed by atoms with Crippen LogP contribution in [0.5, 0.6) is 0 Å². The van der Waals surface area contributed by atoms with E-state index >= 15 is 0 Å². The van der Waals surface area contributed by atoms with Crippen molar-refractivity contribution in [1.29, 1.82) is 0 Å². The number of carbonyl (C=O) groups excluding carboxylic acids is 1. The molecule has 1 aromatic carbocycles.